The van der Waals surface area contributed by atoms with Crippen LogP contribution in [0.4, 0.5) is 13.2 Å². The third kappa shape index (κ3) is 4.63. The van der Waals surface area contributed by atoms with Gasteiger partial charge in [-0.1, -0.05) is 38.3 Å². The fourth-order valence-corrected chi connectivity index (χ4v) is 3.19. The summed E-state index contributed by atoms with van der Waals surface area (Å²) in [5, 5.41) is 0. The van der Waals surface area contributed by atoms with Gasteiger partial charge in [0.05, 0.1) is 0 Å². The Kier molecular flexibility index (Phi) is 5.14. The molecule has 1 aliphatic rings. The summed E-state index contributed by atoms with van der Waals surface area (Å²) in [7, 11) is 0. The van der Waals surface area contributed by atoms with E-state index in [9.17, 15) is 13.2 Å². The number of nitrogens with two attached hydrogens (primary N) is 1. The molecule has 1 aromatic carbocycles. The lowest BCUT2D eigenvalue weighted by Gasteiger charge is -2.32. The van der Waals surface area contributed by atoms with Gasteiger partial charge < -0.3 is 10.5 Å². The van der Waals surface area contributed by atoms with Crippen molar-refractivity contribution in [3.63, 3.8) is 0 Å². The van der Waals surface area contributed by atoms with Crippen molar-refractivity contribution in [2.45, 2.75) is 51.4 Å². The second-order valence-corrected chi connectivity index (χ2v) is 5.84. The average Bonchev–Trinajstić information content (AvgIpc) is 2.46. The molecule has 5 heteroatoms. The van der Waals surface area contributed by atoms with Crippen LogP contribution in [0.25, 0.3) is 0 Å². The Morgan fingerprint density at radius 1 is 1.24 bits per heavy atom. The van der Waals surface area contributed by atoms with Crippen LogP contribution in [0.1, 0.15) is 50.6 Å². The SMILES string of the molecule is CCC1CCCC(C(N)c2ccc(OC(F)(F)F)cc2)C1. The van der Waals surface area contributed by atoms with Gasteiger partial charge in [-0.3, -0.25) is 0 Å². The quantitative estimate of drug-likeness (QED) is 0.867. The fourth-order valence-electron chi connectivity index (χ4n) is 3.19. The third-order valence-corrected chi connectivity index (χ3v) is 4.41. The van der Waals surface area contributed by atoms with Gasteiger partial charge in [-0.05, 0) is 42.4 Å². The van der Waals surface area contributed by atoms with Crippen molar-refractivity contribution in [3.8, 4) is 5.75 Å². The molecule has 0 aliphatic heterocycles. The first-order valence-corrected chi connectivity index (χ1v) is 7.50. The van der Waals surface area contributed by atoms with Crippen LogP contribution < -0.4 is 10.5 Å². The molecular formula is C16H22F3NO. The predicted molar refractivity (Wildman–Crippen MR) is 75.8 cm³/mol. The summed E-state index contributed by atoms with van der Waals surface area (Å²) in [6, 6.07) is 5.84. The zero-order valence-corrected chi connectivity index (χ0v) is 12.2. The largest absolute Gasteiger partial charge is 0.573 e. The number of hydrogen-bond acceptors (Lipinski definition) is 2. The van der Waals surface area contributed by atoms with Crippen LogP contribution in [0.5, 0.6) is 5.75 Å². The molecule has 2 rings (SSSR count). The summed E-state index contributed by atoms with van der Waals surface area (Å²) in [6.07, 6.45) is 1.17. The summed E-state index contributed by atoms with van der Waals surface area (Å²) in [5.41, 5.74) is 7.18. The molecule has 3 unspecified atom stereocenters. The minimum Gasteiger partial charge on any atom is -0.406 e. The number of rotatable bonds is 4. The Balaban J connectivity index is 2.00. The molecule has 0 bridgehead atoms. The van der Waals surface area contributed by atoms with Gasteiger partial charge >= 0.3 is 6.36 Å². The number of alkyl halides is 3. The minimum absolute atomic E-state index is 0.112. The standard InChI is InChI=1S/C16H22F3NO/c1-2-11-4-3-5-13(10-11)15(20)12-6-8-14(9-7-12)21-16(17,18)19/h6-9,11,13,15H,2-5,10,20H2,1H3. The average molecular weight is 301 g/mol. The zero-order valence-electron chi connectivity index (χ0n) is 12.2. The molecule has 1 aromatic rings. The molecule has 118 valence electrons. The summed E-state index contributed by atoms with van der Waals surface area (Å²) in [6.45, 7) is 2.20. The van der Waals surface area contributed by atoms with E-state index in [1.165, 1.54) is 31.4 Å². The van der Waals surface area contributed by atoms with Gasteiger partial charge in [-0.2, -0.15) is 0 Å². The van der Waals surface area contributed by atoms with E-state index in [-0.39, 0.29) is 11.8 Å². The van der Waals surface area contributed by atoms with Crippen LogP contribution in [-0.4, -0.2) is 6.36 Å². The Hall–Kier alpha value is -1.23. The number of ether oxygens (including phenoxy) is 1. The van der Waals surface area contributed by atoms with Gasteiger partial charge in [0.1, 0.15) is 5.75 Å². The monoisotopic (exact) mass is 301 g/mol. The Morgan fingerprint density at radius 2 is 1.90 bits per heavy atom. The number of benzene rings is 1. The van der Waals surface area contributed by atoms with E-state index >= 15 is 0 Å². The first kappa shape index (κ1) is 16.1. The topological polar surface area (TPSA) is 35.2 Å². The molecule has 0 spiro atoms. The summed E-state index contributed by atoms with van der Waals surface area (Å²) >= 11 is 0. The van der Waals surface area contributed by atoms with Crippen LogP contribution in [0.15, 0.2) is 24.3 Å². The van der Waals surface area contributed by atoms with E-state index < -0.39 is 6.36 Å². The van der Waals surface area contributed by atoms with E-state index in [1.54, 1.807) is 12.1 Å². The third-order valence-electron chi connectivity index (χ3n) is 4.41. The highest BCUT2D eigenvalue weighted by Gasteiger charge is 2.31. The van der Waals surface area contributed by atoms with E-state index in [0.29, 0.717) is 5.92 Å². The summed E-state index contributed by atoms with van der Waals surface area (Å²) in [4.78, 5) is 0. The van der Waals surface area contributed by atoms with Crippen molar-refractivity contribution >= 4 is 0 Å². The van der Waals surface area contributed by atoms with Crippen molar-refractivity contribution in [1.82, 2.24) is 0 Å². The van der Waals surface area contributed by atoms with Gasteiger partial charge in [0.2, 0.25) is 0 Å². The molecule has 1 saturated carbocycles. The molecule has 21 heavy (non-hydrogen) atoms. The van der Waals surface area contributed by atoms with Crippen molar-refractivity contribution in [2.24, 2.45) is 17.6 Å². The van der Waals surface area contributed by atoms with Crippen LogP contribution in [0, 0.1) is 11.8 Å². The van der Waals surface area contributed by atoms with Gasteiger partial charge in [-0.15, -0.1) is 13.2 Å². The molecular weight excluding hydrogens is 279 g/mol. The zero-order chi connectivity index (χ0) is 15.5. The van der Waals surface area contributed by atoms with Crippen molar-refractivity contribution < 1.29 is 17.9 Å². The number of halogens is 3. The minimum atomic E-state index is -4.65. The molecule has 1 fully saturated rings. The lowest BCUT2D eigenvalue weighted by molar-refractivity contribution is -0.274. The first-order chi connectivity index (χ1) is 9.89. The second kappa shape index (κ2) is 6.69. The smallest absolute Gasteiger partial charge is 0.406 e. The second-order valence-electron chi connectivity index (χ2n) is 5.84. The normalized spacial score (nSPS) is 24.6. The number of hydrogen-bond donors (Lipinski definition) is 1. The molecule has 2 N–H and O–H groups in total. The Bertz CT molecular complexity index is 444. The van der Waals surface area contributed by atoms with E-state index in [2.05, 4.69) is 11.7 Å². The maximum absolute atomic E-state index is 12.1. The molecule has 1 aliphatic carbocycles. The van der Waals surface area contributed by atoms with Crippen LogP contribution in [0.3, 0.4) is 0 Å². The summed E-state index contributed by atoms with van der Waals surface area (Å²) < 4.78 is 40.3. The van der Waals surface area contributed by atoms with Crippen molar-refractivity contribution in [1.29, 1.82) is 0 Å². The summed E-state index contributed by atoms with van der Waals surface area (Å²) in [5.74, 6) is 0.939. The van der Waals surface area contributed by atoms with Crippen LogP contribution in [-0.2, 0) is 0 Å². The van der Waals surface area contributed by atoms with E-state index in [4.69, 9.17) is 5.73 Å². The molecule has 0 heterocycles. The maximum Gasteiger partial charge on any atom is 0.573 e. The van der Waals surface area contributed by atoms with E-state index in [1.807, 2.05) is 0 Å². The highest BCUT2D eigenvalue weighted by molar-refractivity contribution is 5.29. The molecule has 0 radical (unpaired) electrons. The molecule has 2 nitrogen and oxygen atoms in total. The van der Waals surface area contributed by atoms with Gasteiger partial charge in [0, 0.05) is 6.04 Å². The highest BCUT2D eigenvalue weighted by atomic mass is 19.4. The van der Waals surface area contributed by atoms with E-state index in [0.717, 1.165) is 24.3 Å². The molecule has 3 atom stereocenters. The van der Waals surface area contributed by atoms with Crippen molar-refractivity contribution in [2.75, 3.05) is 0 Å². The van der Waals surface area contributed by atoms with Gasteiger partial charge in [0.15, 0.2) is 0 Å². The van der Waals surface area contributed by atoms with Crippen molar-refractivity contribution in [3.05, 3.63) is 29.8 Å². The van der Waals surface area contributed by atoms with Gasteiger partial charge in [0.25, 0.3) is 0 Å². The predicted octanol–water partition coefficient (Wildman–Crippen LogP) is 4.80. The lowest BCUT2D eigenvalue weighted by atomic mass is 9.75. The van der Waals surface area contributed by atoms with Crippen LogP contribution in [0.2, 0.25) is 0 Å². The highest BCUT2D eigenvalue weighted by Crippen LogP contribution is 2.37. The molecule has 0 amide bonds. The Morgan fingerprint density at radius 3 is 2.48 bits per heavy atom. The fraction of sp³-hybridized carbons (Fsp3) is 0.625. The maximum atomic E-state index is 12.1. The van der Waals surface area contributed by atoms with Crippen LogP contribution >= 0.6 is 0 Å². The lowest BCUT2D eigenvalue weighted by Crippen LogP contribution is -2.26. The first-order valence-electron chi connectivity index (χ1n) is 7.50. The molecule has 0 aromatic heterocycles. The van der Waals surface area contributed by atoms with Gasteiger partial charge in [-0.25, -0.2) is 0 Å². The molecule has 0 saturated heterocycles. The Labute approximate surface area is 123 Å².